The Labute approximate surface area is 191 Å². The molecule has 4 rings (SSSR count). The lowest BCUT2D eigenvalue weighted by Crippen LogP contribution is -2.25. The minimum atomic E-state index is -0.363. The molecule has 0 bridgehead atoms. The molecular weight excluding hydrogens is 416 g/mol. The number of hydrogen-bond acceptors (Lipinski definition) is 8. The monoisotopic (exact) mass is 440 g/mol. The maximum Gasteiger partial charge on any atom is 0.256 e. The first-order valence-corrected chi connectivity index (χ1v) is 10.8. The van der Waals surface area contributed by atoms with Crippen molar-refractivity contribution < 1.29 is 4.79 Å². The fraction of sp³-hybridized carbons (Fsp3) is 0.250. The summed E-state index contributed by atoms with van der Waals surface area (Å²) in [5, 5.41) is 23.8. The lowest BCUT2D eigenvalue weighted by molar-refractivity contribution is 0.102. The van der Waals surface area contributed by atoms with Gasteiger partial charge in [0.05, 0.1) is 22.9 Å². The van der Waals surface area contributed by atoms with E-state index in [-0.39, 0.29) is 17.4 Å². The first-order valence-electron chi connectivity index (χ1n) is 10.8. The number of carbonyl (C=O) groups excluding carboxylic acids is 1. The van der Waals surface area contributed by atoms with Crippen molar-refractivity contribution in [3.8, 4) is 6.07 Å². The van der Waals surface area contributed by atoms with Gasteiger partial charge in [0.1, 0.15) is 23.8 Å². The van der Waals surface area contributed by atoms with E-state index in [1.165, 1.54) is 37.9 Å². The Morgan fingerprint density at radius 1 is 1.06 bits per heavy atom. The van der Waals surface area contributed by atoms with Gasteiger partial charge in [-0.1, -0.05) is 31.4 Å². The number of amides is 1. The quantitative estimate of drug-likeness (QED) is 0.426. The standard InChI is InChI=1S/C24H24N8O/c25-13-15-10-11-28-19(12-15)32-24(33)17-8-6-16(7-9-17)21(26)20-22(27)29-14-30-23(20)31-18-4-2-1-3-5-18/h6-12,14,18,26H,1-5H2,(H,28,32,33)(H3,27,29,30,31). The van der Waals surface area contributed by atoms with Crippen LogP contribution in [-0.2, 0) is 0 Å². The molecule has 2 aromatic heterocycles. The Morgan fingerprint density at radius 2 is 1.79 bits per heavy atom. The van der Waals surface area contributed by atoms with E-state index in [0.717, 1.165) is 12.8 Å². The van der Waals surface area contributed by atoms with Crippen molar-refractivity contribution in [2.45, 2.75) is 38.1 Å². The smallest absolute Gasteiger partial charge is 0.256 e. The lowest BCUT2D eigenvalue weighted by atomic mass is 9.95. The minimum Gasteiger partial charge on any atom is -0.383 e. The van der Waals surface area contributed by atoms with Crippen molar-refractivity contribution in [1.82, 2.24) is 15.0 Å². The van der Waals surface area contributed by atoms with E-state index in [1.807, 2.05) is 6.07 Å². The summed E-state index contributed by atoms with van der Waals surface area (Å²) in [5.74, 6) is 0.727. The highest BCUT2D eigenvalue weighted by molar-refractivity contribution is 6.16. The van der Waals surface area contributed by atoms with Crippen molar-refractivity contribution in [3.63, 3.8) is 0 Å². The molecule has 1 saturated carbocycles. The van der Waals surface area contributed by atoms with Crippen molar-refractivity contribution >= 4 is 29.1 Å². The van der Waals surface area contributed by atoms with Crippen LogP contribution in [0.5, 0.6) is 0 Å². The first kappa shape index (κ1) is 21.9. The summed E-state index contributed by atoms with van der Waals surface area (Å²) in [6.45, 7) is 0. The van der Waals surface area contributed by atoms with Gasteiger partial charge in [-0.3, -0.25) is 10.2 Å². The van der Waals surface area contributed by atoms with Gasteiger partial charge in [0.15, 0.2) is 0 Å². The molecule has 0 atom stereocenters. The molecule has 0 spiro atoms. The SMILES string of the molecule is N#Cc1ccnc(NC(=O)c2ccc(C(=N)c3c(N)ncnc3NC3CCCCC3)cc2)c1. The van der Waals surface area contributed by atoms with Crippen molar-refractivity contribution in [2.24, 2.45) is 0 Å². The van der Waals surface area contributed by atoms with E-state index in [2.05, 4.69) is 25.6 Å². The molecule has 9 heteroatoms. The van der Waals surface area contributed by atoms with Crippen molar-refractivity contribution in [3.05, 3.63) is 71.2 Å². The summed E-state index contributed by atoms with van der Waals surface area (Å²) < 4.78 is 0. The predicted octanol–water partition coefficient (Wildman–Crippen LogP) is 3.74. The highest BCUT2D eigenvalue weighted by atomic mass is 16.1. The van der Waals surface area contributed by atoms with E-state index in [9.17, 15) is 4.79 Å². The summed E-state index contributed by atoms with van der Waals surface area (Å²) in [6.07, 6.45) is 8.57. The third-order valence-electron chi connectivity index (χ3n) is 5.64. The van der Waals surface area contributed by atoms with Gasteiger partial charge in [-0.15, -0.1) is 0 Å². The van der Waals surface area contributed by atoms with Crippen LogP contribution in [0.3, 0.4) is 0 Å². The summed E-state index contributed by atoms with van der Waals surface area (Å²) in [6, 6.07) is 12.0. The van der Waals surface area contributed by atoms with Crippen molar-refractivity contribution in [1.29, 1.82) is 10.7 Å². The molecule has 1 fully saturated rings. The van der Waals surface area contributed by atoms with Gasteiger partial charge >= 0.3 is 0 Å². The molecular formula is C24H24N8O. The molecule has 0 saturated heterocycles. The Balaban J connectivity index is 1.51. The maximum absolute atomic E-state index is 12.6. The molecule has 33 heavy (non-hydrogen) atoms. The van der Waals surface area contributed by atoms with Crippen LogP contribution in [0.2, 0.25) is 0 Å². The second kappa shape index (κ2) is 9.87. The van der Waals surface area contributed by atoms with Crippen LogP contribution in [0.25, 0.3) is 0 Å². The van der Waals surface area contributed by atoms with Crippen LogP contribution in [0, 0.1) is 16.7 Å². The van der Waals surface area contributed by atoms with Crippen LogP contribution >= 0.6 is 0 Å². The highest BCUT2D eigenvalue weighted by Crippen LogP contribution is 2.26. The summed E-state index contributed by atoms with van der Waals surface area (Å²) >= 11 is 0. The third kappa shape index (κ3) is 5.13. The fourth-order valence-electron chi connectivity index (χ4n) is 3.88. The molecule has 1 amide bonds. The molecule has 166 valence electrons. The Morgan fingerprint density at radius 3 is 2.52 bits per heavy atom. The second-order valence-corrected chi connectivity index (χ2v) is 7.91. The molecule has 5 N–H and O–H groups in total. The van der Waals surface area contributed by atoms with Gasteiger partial charge in [0, 0.05) is 23.4 Å². The highest BCUT2D eigenvalue weighted by Gasteiger charge is 2.20. The van der Waals surface area contributed by atoms with Gasteiger partial charge in [0.2, 0.25) is 0 Å². The zero-order valence-corrected chi connectivity index (χ0v) is 18.0. The summed E-state index contributed by atoms with van der Waals surface area (Å²) in [7, 11) is 0. The maximum atomic E-state index is 12.6. The molecule has 1 aliphatic carbocycles. The van der Waals surface area contributed by atoms with Gasteiger partial charge in [-0.05, 0) is 37.1 Å². The zero-order chi connectivity index (χ0) is 23.2. The van der Waals surface area contributed by atoms with E-state index < -0.39 is 0 Å². The summed E-state index contributed by atoms with van der Waals surface area (Å²) in [4.78, 5) is 25.0. The number of nitrogen functional groups attached to an aromatic ring is 1. The third-order valence-corrected chi connectivity index (χ3v) is 5.64. The number of nitrogens with two attached hydrogens (primary N) is 1. The number of nitrogens with one attached hydrogen (secondary N) is 3. The fourth-order valence-corrected chi connectivity index (χ4v) is 3.88. The zero-order valence-electron chi connectivity index (χ0n) is 18.0. The van der Waals surface area contributed by atoms with E-state index in [4.69, 9.17) is 16.4 Å². The van der Waals surface area contributed by atoms with E-state index >= 15 is 0 Å². The van der Waals surface area contributed by atoms with E-state index in [0.29, 0.717) is 39.9 Å². The number of benzene rings is 1. The number of pyridine rings is 1. The van der Waals surface area contributed by atoms with Crippen LogP contribution < -0.4 is 16.4 Å². The van der Waals surface area contributed by atoms with Crippen LogP contribution in [-0.4, -0.2) is 32.6 Å². The minimum absolute atomic E-state index is 0.182. The number of aromatic nitrogens is 3. The summed E-state index contributed by atoms with van der Waals surface area (Å²) in [5.41, 5.74) is 8.16. The second-order valence-electron chi connectivity index (χ2n) is 7.91. The van der Waals surface area contributed by atoms with Crippen LogP contribution in [0.4, 0.5) is 17.5 Å². The molecule has 0 aliphatic heterocycles. The van der Waals surface area contributed by atoms with E-state index in [1.54, 1.807) is 30.3 Å². The lowest BCUT2D eigenvalue weighted by Gasteiger charge is -2.24. The normalized spacial score (nSPS) is 13.7. The van der Waals surface area contributed by atoms with Gasteiger partial charge in [-0.2, -0.15) is 5.26 Å². The molecule has 1 aromatic carbocycles. The number of nitriles is 1. The topological polar surface area (TPSA) is 153 Å². The Kier molecular flexibility index (Phi) is 6.55. The predicted molar refractivity (Wildman–Crippen MR) is 126 cm³/mol. The largest absolute Gasteiger partial charge is 0.383 e. The van der Waals surface area contributed by atoms with Gasteiger partial charge in [0.25, 0.3) is 5.91 Å². The van der Waals surface area contributed by atoms with Gasteiger partial charge in [-0.25, -0.2) is 15.0 Å². The number of nitrogens with zero attached hydrogens (tertiary/aromatic N) is 4. The Bertz CT molecular complexity index is 1210. The average molecular weight is 441 g/mol. The molecule has 0 unspecified atom stereocenters. The number of hydrogen-bond donors (Lipinski definition) is 4. The molecule has 2 heterocycles. The molecule has 1 aliphatic rings. The molecule has 3 aromatic rings. The average Bonchev–Trinajstić information content (AvgIpc) is 2.84. The number of anilines is 3. The van der Waals surface area contributed by atoms with Gasteiger partial charge < -0.3 is 16.4 Å². The number of rotatable bonds is 6. The molecule has 0 radical (unpaired) electrons. The van der Waals surface area contributed by atoms with Crippen LogP contribution in [0.15, 0.2) is 48.9 Å². The molecule has 9 nitrogen and oxygen atoms in total. The first-order chi connectivity index (χ1) is 16.0. The Hall–Kier alpha value is -4.32. The number of carbonyl (C=O) groups is 1. The van der Waals surface area contributed by atoms with Crippen LogP contribution in [0.1, 0.15) is 59.2 Å². The van der Waals surface area contributed by atoms with Crippen molar-refractivity contribution in [2.75, 3.05) is 16.4 Å².